The molecule has 1 aromatic carbocycles. The minimum Gasteiger partial charge on any atom is -0.488 e. The summed E-state index contributed by atoms with van der Waals surface area (Å²) in [7, 11) is 3.02. The Hall–Kier alpha value is -2.68. The molecule has 0 bridgehead atoms. The lowest BCUT2D eigenvalue weighted by Gasteiger charge is -2.23. The number of aliphatic hydroxyl groups is 1. The van der Waals surface area contributed by atoms with E-state index in [1.54, 1.807) is 19.2 Å². The van der Waals surface area contributed by atoms with Crippen molar-refractivity contribution in [2.24, 2.45) is 0 Å². The fourth-order valence-corrected chi connectivity index (χ4v) is 2.58. The topological polar surface area (TPSA) is 88.1 Å². The Morgan fingerprint density at radius 1 is 1.43 bits per heavy atom. The number of hydrogen-bond donors (Lipinski definition) is 2. The Bertz CT molecular complexity index is 811. The number of ether oxygens (including phenoxy) is 2. The molecule has 0 saturated heterocycles. The average Bonchev–Trinajstić information content (AvgIpc) is 2.78. The van der Waals surface area contributed by atoms with E-state index < -0.39 is 11.8 Å². The minimum absolute atomic E-state index is 0.106. The van der Waals surface area contributed by atoms with E-state index in [1.165, 1.54) is 35.8 Å². The van der Waals surface area contributed by atoms with Gasteiger partial charge in [0.25, 0.3) is 0 Å². The molecule has 0 aliphatic rings. The first-order valence-electron chi connectivity index (χ1n) is 9.11. The van der Waals surface area contributed by atoms with Gasteiger partial charge in [0.05, 0.1) is 19.3 Å². The minimum atomic E-state index is -0.739. The van der Waals surface area contributed by atoms with Crippen LogP contribution in [-0.4, -0.2) is 51.4 Å². The van der Waals surface area contributed by atoms with Crippen LogP contribution in [0.1, 0.15) is 28.9 Å². The number of benzene rings is 1. The second kappa shape index (κ2) is 13.5. The quantitative estimate of drug-likeness (QED) is 0.224. The Kier molecular flexibility index (Phi) is 11.4. The lowest BCUT2D eigenvalue weighted by molar-refractivity contribution is -0.107. The van der Waals surface area contributed by atoms with Crippen molar-refractivity contribution in [1.29, 1.82) is 0 Å². The summed E-state index contributed by atoms with van der Waals surface area (Å²) in [4.78, 5) is 24.9. The number of hydrogen-bond acceptors (Lipinski definition) is 6. The van der Waals surface area contributed by atoms with Gasteiger partial charge in [0.15, 0.2) is 11.6 Å². The predicted molar refractivity (Wildman–Crippen MR) is 114 cm³/mol. The Labute approximate surface area is 180 Å². The number of methoxy groups -OCH3 is 1. The second-order valence-corrected chi connectivity index (χ2v) is 6.26. The number of amides is 1. The number of anilines is 1. The zero-order valence-electron chi connectivity index (χ0n) is 17.1. The largest absolute Gasteiger partial charge is 0.488 e. The summed E-state index contributed by atoms with van der Waals surface area (Å²) in [5, 5.41) is 12.0. The van der Waals surface area contributed by atoms with Gasteiger partial charge in [-0.3, -0.25) is 4.79 Å². The third kappa shape index (κ3) is 7.29. The van der Waals surface area contributed by atoms with Crippen LogP contribution in [0.2, 0.25) is 0 Å². The molecule has 30 heavy (non-hydrogen) atoms. The van der Waals surface area contributed by atoms with E-state index in [-0.39, 0.29) is 37.1 Å². The first-order valence-corrected chi connectivity index (χ1v) is 9.55. The summed E-state index contributed by atoms with van der Waals surface area (Å²) in [5.74, 6) is -1.43. The Morgan fingerprint density at radius 3 is 2.73 bits per heavy atom. The van der Waals surface area contributed by atoms with E-state index in [0.717, 1.165) is 11.6 Å². The number of nitrogens with one attached hydrogen (secondary N) is 1. The highest BCUT2D eigenvalue weighted by atomic mass is 35.5. The molecule has 0 aliphatic heterocycles. The average molecular weight is 441 g/mol. The van der Waals surface area contributed by atoms with Crippen molar-refractivity contribution in [2.45, 2.75) is 13.0 Å². The lowest BCUT2D eigenvalue weighted by atomic mass is 10.0. The van der Waals surface area contributed by atoms with Crippen molar-refractivity contribution in [3.05, 3.63) is 64.7 Å². The maximum atomic E-state index is 14.6. The van der Waals surface area contributed by atoms with Crippen LogP contribution in [0.25, 0.3) is 0 Å². The fourth-order valence-electron chi connectivity index (χ4n) is 2.51. The van der Waals surface area contributed by atoms with Gasteiger partial charge in [-0.15, -0.1) is 0 Å². The molecule has 2 N–H and O–H groups in total. The Balaban J connectivity index is 3.28. The van der Waals surface area contributed by atoms with Crippen LogP contribution < -0.4 is 10.2 Å². The van der Waals surface area contributed by atoms with Crippen molar-refractivity contribution in [1.82, 2.24) is 5.32 Å². The highest BCUT2D eigenvalue weighted by molar-refractivity contribution is 6.25. The first kappa shape index (κ1) is 25.4. The third-order valence-electron chi connectivity index (χ3n) is 4.16. The van der Waals surface area contributed by atoms with Crippen LogP contribution in [0.3, 0.4) is 0 Å². The van der Waals surface area contributed by atoms with Gasteiger partial charge in [-0.25, -0.2) is 9.18 Å². The molecule has 0 heterocycles. The summed E-state index contributed by atoms with van der Waals surface area (Å²) in [6.45, 7) is 1.36. The zero-order chi connectivity index (χ0) is 22.5. The van der Waals surface area contributed by atoms with Crippen LogP contribution in [0.15, 0.2) is 53.5 Å². The molecule has 9 heteroatoms. The van der Waals surface area contributed by atoms with Gasteiger partial charge in [0.2, 0.25) is 6.41 Å². The number of carbonyl (C=O) groups is 2. The highest BCUT2D eigenvalue weighted by Crippen LogP contribution is 2.28. The molecule has 164 valence electrons. The molecule has 7 nitrogen and oxygen atoms in total. The van der Waals surface area contributed by atoms with Crippen molar-refractivity contribution < 1.29 is 28.6 Å². The second-order valence-electron chi connectivity index (χ2n) is 6.01. The van der Waals surface area contributed by atoms with E-state index in [0.29, 0.717) is 12.1 Å². The molecule has 0 unspecified atom stereocenters. The molecule has 1 aromatic rings. The van der Waals surface area contributed by atoms with E-state index in [1.807, 2.05) is 6.92 Å². The smallest absolute Gasteiger partial charge is 0.337 e. The number of nitrogens with zero attached hydrogens (tertiary/aromatic N) is 1. The van der Waals surface area contributed by atoms with Crippen molar-refractivity contribution in [2.75, 3.05) is 38.8 Å². The SMILES string of the molecule is CN[C@@H](C)c1ccc(C(=O)OC)cc1N(C=O)C/C=C(F)/C(=C\C=C\Cl)OCCO. The van der Waals surface area contributed by atoms with E-state index in [9.17, 15) is 14.0 Å². The summed E-state index contributed by atoms with van der Waals surface area (Å²) in [6, 6.07) is 4.69. The third-order valence-corrected chi connectivity index (χ3v) is 4.30. The molecule has 0 fully saturated rings. The van der Waals surface area contributed by atoms with E-state index >= 15 is 0 Å². The van der Waals surface area contributed by atoms with Gasteiger partial charge in [0, 0.05) is 23.8 Å². The van der Waals surface area contributed by atoms with Crippen LogP contribution in [0.5, 0.6) is 0 Å². The zero-order valence-corrected chi connectivity index (χ0v) is 17.9. The van der Waals surface area contributed by atoms with Crippen LogP contribution in [0, 0.1) is 0 Å². The monoisotopic (exact) mass is 440 g/mol. The van der Waals surface area contributed by atoms with Crippen LogP contribution in [-0.2, 0) is 14.3 Å². The van der Waals surface area contributed by atoms with E-state index in [2.05, 4.69) is 5.32 Å². The molecule has 0 saturated carbocycles. The van der Waals surface area contributed by atoms with Gasteiger partial charge < -0.3 is 24.8 Å². The number of halogens is 2. The van der Waals surface area contributed by atoms with Gasteiger partial charge >= 0.3 is 5.97 Å². The van der Waals surface area contributed by atoms with Crippen molar-refractivity contribution in [3.8, 4) is 0 Å². The number of allylic oxidation sites excluding steroid dienone is 3. The molecule has 0 aliphatic carbocycles. The number of aliphatic hydroxyl groups excluding tert-OH is 1. The van der Waals surface area contributed by atoms with Gasteiger partial charge in [-0.05, 0) is 49.9 Å². The van der Waals surface area contributed by atoms with Gasteiger partial charge in [0.1, 0.15) is 6.61 Å². The van der Waals surface area contributed by atoms with Crippen LogP contribution >= 0.6 is 11.6 Å². The van der Waals surface area contributed by atoms with Gasteiger partial charge in [-0.1, -0.05) is 17.7 Å². The highest BCUT2D eigenvalue weighted by Gasteiger charge is 2.18. The normalized spacial score (nSPS) is 13.3. The standard InChI is InChI=1S/C21H26ClFN2O5/c1-15(24-2)17-7-6-16(21(28)29-3)13-19(17)25(14-27)10-8-18(23)20(5-4-9-22)30-12-11-26/h4-9,13-15,24,26H,10-12H2,1-3H3/b9-4+,18-8-,20-5+/t15-/m0/s1. The summed E-state index contributed by atoms with van der Waals surface area (Å²) < 4.78 is 24.5. The number of esters is 1. The molecule has 1 rings (SSSR count). The Morgan fingerprint density at radius 2 is 2.17 bits per heavy atom. The molecule has 1 amide bonds. The molecular formula is C21H26ClFN2O5. The van der Waals surface area contributed by atoms with Crippen LogP contribution in [0.4, 0.5) is 10.1 Å². The maximum absolute atomic E-state index is 14.6. The number of rotatable bonds is 12. The molecule has 0 aromatic heterocycles. The molecule has 0 radical (unpaired) electrons. The van der Waals surface area contributed by atoms with Crippen molar-refractivity contribution in [3.63, 3.8) is 0 Å². The molecule has 1 atom stereocenters. The fraction of sp³-hybridized carbons (Fsp3) is 0.333. The van der Waals surface area contributed by atoms with E-state index in [4.69, 9.17) is 26.2 Å². The predicted octanol–water partition coefficient (Wildman–Crippen LogP) is 3.22. The van der Waals surface area contributed by atoms with Crippen molar-refractivity contribution >= 4 is 29.7 Å². The molecule has 0 spiro atoms. The summed E-state index contributed by atoms with van der Waals surface area (Å²) in [6.07, 6.45) is 4.36. The summed E-state index contributed by atoms with van der Waals surface area (Å²) >= 11 is 5.46. The number of carbonyl (C=O) groups excluding carboxylic acids is 2. The lowest BCUT2D eigenvalue weighted by Crippen LogP contribution is -2.25. The maximum Gasteiger partial charge on any atom is 0.337 e. The van der Waals surface area contributed by atoms with Gasteiger partial charge in [-0.2, -0.15) is 0 Å². The summed E-state index contributed by atoms with van der Waals surface area (Å²) in [5.41, 5.74) is 2.61. The molecular weight excluding hydrogens is 415 g/mol. The first-order chi connectivity index (χ1) is 14.4.